The summed E-state index contributed by atoms with van der Waals surface area (Å²) in [5.74, 6) is 0.694. The summed E-state index contributed by atoms with van der Waals surface area (Å²) in [6, 6.07) is 16.2. The first-order valence-corrected chi connectivity index (χ1v) is 8.66. The van der Waals surface area contributed by atoms with Crippen LogP contribution in [0, 0.1) is 6.92 Å². The molecule has 0 heterocycles. The number of aryl methyl sites for hydroxylation is 2. The fraction of sp³-hybridized carbons (Fsp3) is 0.381. The molecule has 0 spiro atoms. The molecule has 0 radical (unpaired) electrons. The molecule has 2 rings (SSSR count). The number of hydrogen-bond donors (Lipinski definition) is 1. The maximum Gasteiger partial charge on any atom is 0.261 e. The Kier molecular flexibility index (Phi) is 6.42. The monoisotopic (exact) mass is 325 g/mol. The van der Waals surface area contributed by atoms with Crippen LogP contribution in [0.1, 0.15) is 49.9 Å². The molecule has 3 heteroatoms. The summed E-state index contributed by atoms with van der Waals surface area (Å²) in [5, 5.41) is 3.10. The highest BCUT2D eigenvalue weighted by Gasteiger charge is 2.20. The zero-order chi connectivity index (χ0) is 17.5. The number of hydrogen-bond acceptors (Lipinski definition) is 2. The molecule has 0 unspecified atom stereocenters. The first kappa shape index (κ1) is 18.1. The van der Waals surface area contributed by atoms with Crippen LogP contribution in [-0.4, -0.2) is 12.0 Å². The summed E-state index contributed by atoms with van der Waals surface area (Å²) < 4.78 is 5.89. The standard InChI is InChI=1S/C21H27NO2/c1-5-17-9-7-8-10-20(17)24-16(4)21(23)22-19(6-2)18-13-11-15(3)12-14-18/h7-14,16,19H,5-6H2,1-4H3,(H,22,23)/t16-,19-/m0/s1. The number of amides is 1. The molecule has 0 aliphatic carbocycles. The van der Waals surface area contributed by atoms with Crippen LogP contribution in [0.3, 0.4) is 0 Å². The fourth-order valence-corrected chi connectivity index (χ4v) is 2.66. The Morgan fingerprint density at radius 3 is 2.38 bits per heavy atom. The van der Waals surface area contributed by atoms with Crippen molar-refractivity contribution in [2.45, 2.75) is 52.7 Å². The second-order valence-electron chi connectivity index (χ2n) is 6.10. The SMILES string of the molecule is CCc1ccccc1O[C@@H](C)C(=O)N[C@@H](CC)c1ccc(C)cc1. The van der Waals surface area contributed by atoms with E-state index in [2.05, 4.69) is 50.4 Å². The van der Waals surface area contributed by atoms with E-state index in [0.29, 0.717) is 0 Å². The highest BCUT2D eigenvalue weighted by molar-refractivity contribution is 5.81. The highest BCUT2D eigenvalue weighted by Crippen LogP contribution is 2.21. The van der Waals surface area contributed by atoms with Gasteiger partial charge in [0.25, 0.3) is 5.91 Å². The number of carbonyl (C=O) groups is 1. The lowest BCUT2D eigenvalue weighted by molar-refractivity contribution is -0.128. The molecule has 2 aromatic rings. The first-order chi connectivity index (χ1) is 11.5. The maximum atomic E-state index is 12.5. The number of benzene rings is 2. The molecular formula is C21H27NO2. The van der Waals surface area contributed by atoms with E-state index in [1.807, 2.05) is 24.3 Å². The van der Waals surface area contributed by atoms with Crippen molar-refractivity contribution in [3.05, 3.63) is 65.2 Å². The molecule has 0 aliphatic heterocycles. The van der Waals surface area contributed by atoms with Gasteiger partial charge in [-0.3, -0.25) is 4.79 Å². The molecule has 24 heavy (non-hydrogen) atoms. The largest absolute Gasteiger partial charge is 0.481 e. The second-order valence-corrected chi connectivity index (χ2v) is 6.10. The third kappa shape index (κ3) is 4.60. The van der Waals surface area contributed by atoms with Gasteiger partial charge in [0.05, 0.1) is 6.04 Å². The van der Waals surface area contributed by atoms with Gasteiger partial charge in [-0.15, -0.1) is 0 Å². The van der Waals surface area contributed by atoms with Crippen LogP contribution in [-0.2, 0) is 11.2 Å². The molecule has 3 nitrogen and oxygen atoms in total. The van der Waals surface area contributed by atoms with Crippen LogP contribution in [0.15, 0.2) is 48.5 Å². The van der Waals surface area contributed by atoms with E-state index in [4.69, 9.17) is 4.74 Å². The molecule has 0 bridgehead atoms. The maximum absolute atomic E-state index is 12.5. The summed E-state index contributed by atoms with van der Waals surface area (Å²) in [6.07, 6.45) is 1.19. The lowest BCUT2D eigenvalue weighted by Crippen LogP contribution is -2.38. The molecule has 2 aromatic carbocycles. The first-order valence-electron chi connectivity index (χ1n) is 8.66. The van der Waals surface area contributed by atoms with Crippen molar-refractivity contribution in [3.63, 3.8) is 0 Å². The minimum atomic E-state index is -0.530. The lowest BCUT2D eigenvalue weighted by Gasteiger charge is -2.22. The second kappa shape index (κ2) is 8.53. The van der Waals surface area contributed by atoms with Crippen molar-refractivity contribution in [1.29, 1.82) is 0 Å². The van der Waals surface area contributed by atoms with Gasteiger partial charge in [0.2, 0.25) is 0 Å². The van der Waals surface area contributed by atoms with Crippen molar-refractivity contribution in [1.82, 2.24) is 5.32 Å². The quantitative estimate of drug-likeness (QED) is 0.808. The van der Waals surface area contributed by atoms with Crippen molar-refractivity contribution < 1.29 is 9.53 Å². The zero-order valence-electron chi connectivity index (χ0n) is 15.0. The van der Waals surface area contributed by atoms with Gasteiger partial charge in [0.1, 0.15) is 5.75 Å². The number of nitrogens with one attached hydrogen (secondary N) is 1. The van der Waals surface area contributed by atoms with Crippen LogP contribution >= 0.6 is 0 Å². The van der Waals surface area contributed by atoms with Gasteiger partial charge in [-0.2, -0.15) is 0 Å². The van der Waals surface area contributed by atoms with Gasteiger partial charge in [0, 0.05) is 0 Å². The Hall–Kier alpha value is -2.29. The Morgan fingerprint density at radius 1 is 1.08 bits per heavy atom. The summed E-state index contributed by atoms with van der Waals surface area (Å²) >= 11 is 0. The minimum absolute atomic E-state index is 0.00516. The van der Waals surface area contributed by atoms with E-state index in [9.17, 15) is 4.79 Å². The van der Waals surface area contributed by atoms with E-state index in [1.54, 1.807) is 6.92 Å². The van der Waals surface area contributed by atoms with Gasteiger partial charge in [-0.05, 0) is 43.9 Å². The summed E-state index contributed by atoms with van der Waals surface area (Å²) in [7, 11) is 0. The number of ether oxygens (including phenoxy) is 1. The molecule has 1 amide bonds. The van der Waals surface area contributed by atoms with Gasteiger partial charge in [0.15, 0.2) is 6.10 Å². The Morgan fingerprint density at radius 2 is 1.75 bits per heavy atom. The lowest BCUT2D eigenvalue weighted by atomic mass is 10.0. The van der Waals surface area contributed by atoms with Crippen molar-refractivity contribution in [2.24, 2.45) is 0 Å². The Labute approximate surface area is 145 Å². The molecule has 0 saturated carbocycles. The van der Waals surface area contributed by atoms with E-state index >= 15 is 0 Å². The third-order valence-corrected chi connectivity index (χ3v) is 4.23. The van der Waals surface area contributed by atoms with Gasteiger partial charge >= 0.3 is 0 Å². The van der Waals surface area contributed by atoms with Crippen molar-refractivity contribution in [2.75, 3.05) is 0 Å². The molecule has 2 atom stereocenters. The molecule has 0 fully saturated rings. The van der Waals surface area contributed by atoms with E-state index in [-0.39, 0.29) is 11.9 Å². The Bertz CT molecular complexity index is 664. The van der Waals surface area contributed by atoms with E-state index in [0.717, 1.165) is 29.7 Å². The van der Waals surface area contributed by atoms with Crippen LogP contribution in [0.25, 0.3) is 0 Å². The molecule has 0 aliphatic rings. The average molecular weight is 325 g/mol. The minimum Gasteiger partial charge on any atom is -0.481 e. The topological polar surface area (TPSA) is 38.3 Å². The smallest absolute Gasteiger partial charge is 0.261 e. The third-order valence-electron chi connectivity index (χ3n) is 4.23. The van der Waals surface area contributed by atoms with Gasteiger partial charge < -0.3 is 10.1 Å². The van der Waals surface area contributed by atoms with Crippen LogP contribution in [0.4, 0.5) is 0 Å². The number of para-hydroxylation sites is 1. The molecule has 128 valence electrons. The van der Waals surface area contributed by atoms with Crippen LogP contribution in [0.5, 0.6) is 5.75 Å². The van der Waals surface area contributed by atoms with Crippen LogP contribution < -0.4 is 10.1 Å². The molecular weight excluding hydrogens is 298 g/mol. The molecule has 0 saturated heterocycles. The number of carbonyl (C=O) groups excluding carboxylic acids is 1. The normalized spacial score (nSPS) is 13.2. The molecule has 0 aromatic heterocycles. The van der Waals surface area contributed by atoms with Gasteiger partial charge in [-0.1, -0.05) is 61.9 Å². The fourth-order valence-electron chi connectivity index (χ4n) is 2.66. The average Bonchev–Trinajstić information content (AvgIpc) is 2.60. The van der Waals surface area contributed by atoms with E-state index in [1.165, 1.54) is 5.56 Å². The van der Waals surface area contributed by atoms with E-state index < -0.39 is 6.10 Å². The zero-order valence-corrected chi connectivity index (χ0v) is 15.0. The summed E-state index contributed by atoms with van der Waals surface area (Å²) in [5.41, 5.74) is 3.45. The molecule has 1 N–H and O–H groups in total. The predicted octanol–water partition coefficient (Wildman–Crippen LogP) is 4.59. The number of rotatable bonds is 7. The van der Waals surface area contributed by atoms with Crippen molar-refractivity contribution >= 4 is 5.91 Å². The Balaban J connectivity index is 2.03. The predicted molar refractivity (Wildman–Crippen MR) is 98.3 cm³/mol. The summed E-state index contributed by atoms with van der Waals surface area (Å²) in [6.45, 7) is 8.01. The van der Waals surface area contributed by atoms with Gasteiger partial charge in [-0.25, -0.2) is 0 Å². The van der Waals surface area contributed by atoms with Crippen LogP contribution in [0.2, 0.25) is 0 Å². The highest BCUT2D eigenvalue weighted by atomic mass is 16.5. The van der Waals surface area contributed by atoms with Crippen molar-refractivity contribution in [3.8, 4) is 5.75 Å². The summed E-state index contributed by atoms with van der Waals surface area (Å²) in [4.78, 5) is 12.5.